The van der Waals surface area contributed by atoms with E-state index in [2.05, 4.69) is 4.99 Å². The Labute approximate surface area is 197 Å². The maximum atomic E-state index is 12.9. The second kappa shape index (κ2) is 10.1. The number of aliphatic imine (C=N–C) groups is 1. The molecular weight excluding hydrogens is 432 g/mol. The number of hydrogen-bond acceptors (Lipinski definition) is 6. The normalized spacial score (nSPS) is 13.8. The molecule has 34 heavy (non-hydrogen) atoms. The average Bonchev–Trinajstić information content (AvgIpc) is 3.12. The molecule has 0 saturated heterocycles. The van der Waals surface area contributed by atoms with Crippen molar-refractivity contribution in [1.82, 2.24) is 4.90 Å². The van der Waals surface area contributed by atoms with Crippen LogP contribution in [0.15, 0.2) is 77.8 Å². The van der Waals surface area contributed by atoms with Crippen molar-refractivity contribution in [2.24, 2.45) is 4.99 Å². The smallest absolute Gasteiger partial charge is 0.329 e. The van der Waals surface area contributed by atoms with Gasteiger partial charge in [-0.3, -0.25) is 19.5 Å². The molecule has 0 spiro atoms. The molecule has 2 amide bonds. The molecular formula is C27H24N2O5. The second-order valence-electron chi connectivity index (χ2n) is 7.70. The average molecular weight is 456 g/mol. The lowest BCUT2D eigenvalue weighted by atomic mass is 10.0. The number of hydrogen-bond donors (Lipinski definition) is 0. The summed E-state index contributed by atoms with van der Waals surface area (Å²) in [6.45, 7) is 1.84. The topological polar surface area (TPSA) is 85.3 Å². The molecule has 0 aliphatic carbocycles. The van der Waals surface area contributed by atoms with Crippen LogP contribution in [0.4, 0.5) is 5.69 Å². The maximum absolute atomic E-state index is 12.9. The number of rotatable bonds is 8. The number of esters is 1. The van der Waals surface area contributed by atoms with Gasteiger partial charge >= 0.3 is 5.97 Å². The van der Waals surface area contributed by atoms with Gasteiger partial charge in [0.1, 0.15) is 11.8 Å². The largest absolute Gasteiger partial charge is 0.497 e. The van der Waals surface area contributed by atoms with Crippen LogP contribution >= 0.6 is 0 Å². The van der Waals surface area contributed by atoms with Gasteiger partial charge in [-0.1, -0.05) is 24.3 Å². The van der Waals surface area contributed by atoms with E-state index in [1.54, 1.807) is 44.5 Å². The third-order valence-corrected chi connectivity index (χ3v) is 5.54. The summed E-state index contributed by atoms with van der Waals surface area (Å²) < 4.78 is 10.3. The zero-order valence-electron chi connectivity index (χ0n) is 18.9. The zero-order valence-corrected chi connectivity index (χ0v) is 18.9. The SMILES string of the molecule is CCOC(=O)[C@H](Cc1ccc(N=Cc2ccc(OC)cc2)cc1)N1C(=O)c2ccccc2C1=O. The molecule has 1 atom stereocenters. The van der Waals surface area contributed by atoms with Gasteiger partial charge < -0.3 is 9.47 Å². The summed E-state index contributed by atoms with van der Waals surface area (Å²) in [7, 11) is 1.62. The Morgan fingerprint density at radius 1 is 0.941 bits per heavy atom. The Morgan fingerprint density at radius 2 is 1.56 bits per heavy atom. The third-order valence-electron chi connectivity index (χ3n) is 5.54. The number of amides is 2. The van der Waals surface area contributed by atoms with Crippen LogP contribution in [0, 0.1) is 0 Å². The molecule has 0 bridgehead atoms. The minimum atomic E-state index is -1.05. The Balaban J connectivity index is 1.52. The summed E-state index contributed by atoms with van der Waals surface area (Å²) in [5.74, 6) is -0.812. The molecule has 7 heteroatoms. The molecule has 0 unspecified atom stereocenters. The van der Waals surface area contributed by atoms with Crippen LogP contribution in [0.1, 0.15) is 38.8 Å². The van der Waals surface area contributed by atoms with Crippen LogP contribution in [0.25, 0.3) is 0 Å². The third kappa shape index (κ3) is 4.73. The molecule has 1 aliphatic rings. The highest BCUT2D eigenvalue weighted by Crippen LogP contribution is 2.27. The fraction of sp³-hybridized carbons (Fsp3) is 0.185. The van der Waals surface area contributed by atoms with Gasteiger partial charge in [0.05, 0.1) is 30.5 Å². The van der Waals surface area contributed by atoms with Crippen LogP contribution < -0.4 is 4.74 Å². The van der Waals surface area contributed by atoms with Crippen molar-refractivity contribution in [2.45, 2.75) is 19.4 Å². The van der Waals surface area contributed by atoms with E-state index in [1.807, 2.05) is 48.5 Å². The lowest BCUT2D eigenvalue weighted by molar-refractivity contribution is -0.147. The van der Waals surface area contributed by atoms with Gasteiger partial charge in [-0.2, -0.15) is 0 Å². The highest BCUT2D eigenvalue weighted by Gasteiger charge is 2.43. The predicted molar refractivity (Wildman–Crippen MR) is 128 cm³/mol. The van der Waals surface area contributed by atoms with Crippen LogP contribution in [0.2, 0.25) is 0 Å². The fourth-order valence-corrected chi connectivity index (χ4v) is 3.79. The highest BCUT2D eigenvalue weighted by atomic mass is 16.5. The first-order valence-electron chi connectivity index (χ1n) is 10.9. The summed E-state index contributed by atoms with van der Waals surface area (Å²) in [6.07, 6.45) is 1.89. The van der Waals surface area contributed by atoms with E-state index in [0.717, 1.165) is 27.5 Å². The monoisotopic (exact) mass is 456 g/mol. The number of benzene rings is 3. The Hall–Kier alpha value is -4.26. The molecule has 0 saturated carbocycles. The molecule has 0 aromatic heterocycles. The van der Waals surface area contributed by atoms with E-state index in [0.29, 0.717) is 11.1 Å². The van der Waals surface area contributed by atoms with Gasteiger partial charge in [0, 0.05) is 12.6 Å². The second-order valence-corrected chi connectivity index (χ2v) is 7.70. The predicted octanol–water partition coefficient (Wildman–Crippen LogP) is 4.22. The van der Waals surface area contributed by atoms with Crippen molar-refractivity contribution in [3.05, 3.63) is 95.1 Å². The van der Waals surface area contributed by atoms with Crippen molar-refractivity contribution < 1.29 is 23.9 Å². The van der Waals surface area contributed by atoms with E-state index in [-0.39, 0.29) is 13.0 Å². The number of nitrogens with zero attached hydrogens (tertiary/aromatic N) is 2. The molecule has 172 valence electrons. The van der Waals surface area contributed by atoms with Crippen molar-refractivity contribution in [1.29, 1.82) is 0 Å². The van der Waals surface area contributed by atoms with Gasteiger partial charge in [-0.15, -0.1) is 0 Å². The van der Waals surface area contributed by atoms with Crippen molar-refractivity contribution in [2.75, 3.05) is 13.7 Å². The van der Waals surface area contributed by atoms with Gasteiger partial charge in [0.15, 0.2) is 0 Å². The zero-order chi connectivity index (χ0) is 24.1. The van der Waals surface area contributed by atoms with E-state index < -0.39 is 23.8 Å². The molecule has 3 aromatic carbocycles. The first kappa shape index (κ1) is 22.9. The summed E-state index contributed by atoms with van der Waals surface area (Å²) in [6, 6.07) is 20.3. The summed E-state index contributed by atoms with van der Waals surface area (Å²) in [4.78, 5) is 44.1. The van der Waals surface area contributed by atoms with Crippen molar-refractivity contribution in [3.63, 3.8) is 0 Å². The summed E-state index contributed by atoms with van der Waals surface area (Å²) in [5, 5.41) is 0. The number of carbonyl (C=O) groups is 3. The van der Waals surface area contributed by atoms with Gasteiger partial charge in [0.2, 0.25) is 0 Å². The van der Waals surface area contributed by atoms with Crippen LogP contribution in [-0.2, 0) is 16.0 Å². The Morgan fingerprint density at radius 3 is 2.12 bits per heavy atom. The summed E-state index contributed by atoms with van der Waals surface area (Å²) >= 11 is 0. The lowest BCUT2D eigenvalue weighted by Crippen LogP contribution is -2.47. The highest BCUT2D eigenvalue weighted by molar-refractivity contribution is 6.22. The number of imide groups is 1. The van der Waals surface area contributed by atoms with Crippen LogP contribution in [-0.4, -0.2) is 48.7 Å². The van der Waals surface area contributed by atoms with Crippen LogP contribution in [0.5, 0.6) is 5.75 Å². The summed E-state index contributed by atoms with van der Waals surface area (Å²) in [5.41, 5.74) is 3.03. The molecule has 0 fully saturated rings. The Kier molecular flexibility index (Phi) is 6.82. The molecule has 7 nitrogen and oxygen atoms in total. The van der Waals surface area contributed by atoms with Gasteiger partial charge in [0.25, 0.3) is 11.8 Å². The standard InChI is InChI=1S/C27H24N2O5/c1-3-34-27(32)24(29-25(30)22-6-4-5-7-23(22)26(29)31)16-18-8-12-20(13-9-18)28-17-19-10-14-21(33-2)15-11-19/h4-15,17,24H,3,16H2,1-2H3/t24-/m0/s1. The first-order chi connectivity index (χ1) is 16.5. The number of methoxy groups -OCH3 is 1. The minimum Gasteiger partial charge on any atom is -0.497 e. The van der Waals surface area contributed by atoms with E-state index in [1.165, 1.54) is 0 Å². The first-order valence-corrected chi connectivity index (χ1v) is 10.9. The number of fused-ring (bicyclic) bond motifs is 1. The molecule has 1 aliphatic heterocycles. The van der Waals surface area contributed by atoms with Gasteiger partial charge in [-0.25, -0.2) is 4.79 Å². The molecule has 0 radical (unpaired) electrons. The van der Waals surface area contributed by atoms with E-state index in [9.17, 15) is 14.4 Å². The quantitative estimate of drug-likeness (QED) is 0.288. The van der Waals surface area contributed by atoms with Crippen LogP contribution in [0.3, 0.4) is 0 Å². The van der Waals surface area contributed by atoms with Crippen molar-refractivity contribution >= 4 is 29.7 Å². The van der Waals surface area contributed by atoms with Crippen molar-refractivity contribution in [3.8, 4) is 5.75 Å². The van der Waals surface area contributed by atoms with Gasteiger partial charge in [-0.05, 0) is 66.6 Å². The van der Waals surface area contributed by atoms with E-state index >= 15 is 0 Å². The maximum Gasteiger partial charge on any atom is 0.329 e. The number of carbonyl (C=O) groups excluding carboxylic acids is 3. The van der Waals surface area contributed by atoms with E-state index in [4.69, 9.17) is 9.47 Å². The Bertz CT molecular complexity index is 1200. The number of ether oxygens (including phenoxy) is 2. The molecule has 1 heterocycles. The molecule has 0 N–H and O–H groups in total. The molecule has 4 rings (SSSR count). The fourth-order valence-electron chi connectivity index (χ4n) is 3.79. The molecule has 3 aromatic rings. The minimum absolute atomic E-state index is 0.146. The lowest BCUT2D eigenvalue weighted by Gasteiger charge is -2.24.